The summed E-state index contributed by atoms with van der Waals surface area (Å²) >= 11 is 7.52. The predicted molar refractivity (Wildman–Crippen MR) is 160 cm³/mol. The zero-order valence-electron chi connectivity index (χ0n) is 22.3. The van der Waals surface area contributed by atoms with Crippen molar-refractivity contribution in [3.63, 3.8) is 0 Å². The van der Waals surface area contributed by atoms with Crippen LogP contribution in [0.3, 0.4) is 0 Å². The number of nitrogens with one attached hydrogen (secondary N) is 3. The van der Waals surface area contributed by atoms with Crippen LogP contribution < -0.4 is 10.9 Å². The summed E-state index contributed by atoms with van der Waals surface area (Å²) in [6.07, 6.45) is 2.33. The molecule has 10 nitrogen and oxygen atoms in total. The number of rotatable bonds is 8. The molecule has 0 saturated carbocycles. The van der Waals surface area contributed by atoms with Gasteiger partial charge < -0.3 is 25.3 Å². The highest BCUT2D eigenvalue weighted by Gasteiger charge is 2.41. The van der Waals surface area contributed by atoms with Crippen molar-refractivity contribution in [3.8, 4) is 11.4 Å². The van der Waals surface area contributed by atoms with Crippen molar-refractivity contribution in [1.82, 2.24) is 24.8 Å². The highest BCUT2D eigenvalue weighted by molar-refractivity contribution is 7.99. The molecule has 2 aliphatic rings. The zero-order chi connectivity index (χ0) is 28.7. The van der Waals surface area contributed by atoms with Crippen molar-refractivity contribution in [2.24, 2.45) is 0 Å². The summed E-state index contributed by atoms with van der Waals surface area (Å²) in [4.78, 5) is 54.5. The van der Waals surface area contributed by atoms with Crippen LogP contribution in [-0.2, 0) is 0 Å². The number of amides is 2. The van der Waals surface area contributed by atoms with Gasteiger partial charge in [-0.3, -0.25) is 19.3 Å². The lowest BCUT2D eigenvalue weighted by Crippen LogP contribution is -2.46. The molecule has 6 rings (SSSR count). The van der Waals surface area contributed by atoms with Crippen LogP contribution in [0, 0.1) is 0 Å². The first kappa shape index (κ1) is 27.5. The van der Waals surface area contributed by atoms with Gasteiger partial charge in [0, 0.05) is 34.5 Å². The fourth-order valence-electron chi connectivity index (χ4n) is 5.36. The van der Waals surface area contributed by atoms with Gasteiger partial charge in [0.2, 0.25) is 0 Å². The predicted octanol–water partition coefficient (Wildman–Crippen LogP) is 3.83. The third-order valence-corrected chi connectivity index (χ3v) is 8.91. The second kappa shape index (κ2) is 11.3. The van der Waals surface area contributed by atoms with Crippen molar-refractivity contribution >= 4 is 51.9 Å². The second-order valence-electron chi connectivity index (χ2n) is 10.4. The molecule has 2 amide bonds. The van der Waals surface area contributed by atoms with Gasteiger partial charge in [0.05, 0.1) is 34.0 Å². The maximum absolute atomic E-state index is 13.3. The summed E-state index contributed by atoms with van der Waals surface area (Å²) in [7, 11) is 2.03. The molecule has 0 radical (unpaired) electrons. The van der Waals surface area contributed by atoms with Crippen molar-refractivity contribution in [2.75, 3.05) is 37.8 Å². The van der Waals surface area contributed by atoms with Gasteiger partial charge in [-0.25, -0.2) is 4.98 Å². The molecule has 4 aromatic rings. The number of pyridine rings is 1. The van der Waals surface area contributed by atoms with E-state index in [9.17, 15) is 19.5 Å². The standard InChI is InChI=1S/C29H29ClN6O4S/c1-35-9-6-17(7-10-35)36-28(39)20-12-23-24(13-21(20)29(36)40)34-26(33-23)25-22(5-8-31-27(25)38)32-14-18(37)15-41-19-4-2-3-16(30)11-19/h2-5,8,11-13,17-18,37H,6-7,9-10,14-15H2,1H3,(H,33,34)(H2,31,32,38). The van der Waals surface area contributed by atoms with Crippen LogP contribution in [0.1, 0.15) is 33.6 Å². The number of imidazole rings is 1. The Morgan fingerprint density at radius 2 is 1.88 bits per heavy atom. The van der Waals surface area contributed by atoms with Crippen LogP contribution in [0.4, 0.5) is 5.69 Å². The number of benzene rings is 2. The SMILES string of the molecule is CN1CCC(N2C(=O)c3cc4nc(-c5c(NCC(O)CSc6cccc(Cl)c6)cc[nH]c5=O)[nH]c4cc3C2=O)CC1. The van der Waals surface area contributed by atoms with Crippen molar-refractivity contribution in [1.29, 1.82) is 0 Å². The number of H-pyrrole nitrogens is 2. The number of aromatic amines is 2. The van der Waals surface area contributed by atoms with E-state index in [1.54, 1.807) is 24.3 Å². The van der Waals surface area contributed by atoms with E-state index < -0.39 is 6.10 Å². The number of nitrogens with zero attached hydrogens (tertiary/aromatic N) is 3. The third-order valence-electron chi connectivity index (χ3n) is 7.54. The van der Waals surface area contributed by atoms with Crippen LogP contribution in [0.15, 0.2) is 58.4 Å². The van der Waals surface area contributed by atoms with Gasteiger partial charge in [-0.1, -0.05) is 17.7 Å². The fourth-order valence-corrected chi connectivity index (χ4v) is 6.51. The van der Waals surface area contributed by atoms with Gasteiger partial charge >= 0.3 is 0 Å². The van der Waals surface area contributed by atoms with Gasteiger partial charge in [-0.2, -0.15) is 0 Å². The number of hydrogen-bond donors (Lipinski definition) is 4. The van der Waals surface area contributed by atoms with Gasteiger partial charge in [-0.15, -0.1) is 11.8 Å². The van der Waals surface area contributed by atoms with Crippen molar-refractivity contribution < 1.29 is 14.7 Å². The molecule has 0 spiro atoms. The van der Waals surface area contributed by atoms with Gasteiger partial charge in [-0.05, 0) is 69.4 Å². The van der Waals surface area contributed by atoms with E-state index >= 15 is 0 Å². The van der Waals surface area contributed by atoms with Crippen LogP contribution in [0.2, 0.25) is 5.02 Å². The van der Waals surface area contributed by atoms with Crippen molar-refractivity contribution in [3.05, 3.63) is 75.2 Å². The molecule has 0 bridgehead atoms. The summed E-state index contributed by atoms with van der Waals surface area (Å²) in [5, 5.41) is 14.4. The number of thioether (sulfide) groups is 1. The molecule has 2 aromatic carbocycles. The molecule has 4 N–H and O–H groups in total. The van der Waals surface area contributed by atoms with Crippen LogP contribution >= 0.6 is 23.4 Å². The zero-order valence-corrected chi connectivity index (χ0v) is 23.9. The highest BCUT2D eigenvalue weighted by Crippen LogP contribution is 2.33. The molecule has 2 aromatic heterocycles. The number of fused-ring (bicyclic) bond motifs is 2. The molecule has 41 heavy (non-hydrogen) atoms. The Morgan fingerprint density at radius 1 is 1.12 bits per heavy atom. The molecule has 12 heteroatoms. The minimum absolute atomic E-state index is 0.115. The molecule has 1 unspecified atom stereocenters. The molecule has 1 saturated heterocycles. The van der Waals surface area contributed by atoms with Crippen LogP contribution in [-0.4, -0.2) is 86.3 Å². The van der Waals surface area contributed by atoms with E-state index in [0.717, 1.165) is 30.8 Å². The van der Waals surface area contributed by atoms with E-state index in [0.29, 0.717) is 44.4 Å². The Kier molecular flexibility index (Phi) is 7.60. The summed E-state index contributed by atoms with van der Waals surface area (Å²) in [6.45, 7) is 1.88. The van der Waals surface area contributed by atoms with E-state index in [1.807, 2.05) is 25.2 Å². The Bertz CT molecular complexity index is 1640. The number of aromatic nitrogens is 3. The summed E-state index contributed by atoms with van der Waals surface area (Å²) < 4.78 is 0. The Labute approximate surface area is 245 Å². The number of imide groups is 1. The summed E-state index contributed by atoms with van der Waals surface area (Å²) in [5.41, 5.74) is 2.11. The number of aliphatic hydroxyl groups excluding tert-OH is 1. The summed E-state index contributed by atoms with van der Waals surface area (Å²) in [5.74, 6) is 0.138. The first-order valence-electron chi connectivity index (χ1n) is 13.4. The number of halogens is 1. The topological polar surface area (TPSA) is 134 Å². The molecule has 2 aliphatic heterocycles. The second-order valence-corrected chi connectivity index (χ2v) is 11.9. The molecule has 1 atom stereocenters. The molecule has 0 aliphatic carbocycles. The Balaban J connectivity index is 1.21. The van der Waals surface area contributed by atoms with E-state index in [2.05, 4.69) is 25.2 Å². The van der Waals surface area contributed by atoms with Crippen molar-refractivity contribution in [2.45, 2.75) is 29.9 Å². The molecule has 1 fully saturated rings. The van der Waals surface area contributed by atoms with Crippen LogP contribution in [0.5, 0.6) is 0 Å². The largest absolute Gasteiger partial charge is 0.390 e. The highest BCUT2D eigenvalue weighted by atomic mass is 35.5. The minimum Gasteiger partial charge on any atom is -0.390 e. The van der Waals surface area contributed by atoms with E-state index in [1.165, 1.54) is 22.9 Å². The molecule has 212 valence electrons. The number of likely N-dealkylation sites (tertiary alicyclic amines) is 1. The quantitative estimate of drug-likeness (QED) is 0.179. The minimum atomic E-state index is -0.700. The Morgan fingerprint density at radius 3 is 2.63 bits per heavy atom. The van der Waals surface area contributed by atoms with Gasteiger partial charge in [0.15, 0.2) is 0 Å². The number of hydrogen-bond acceptors (Lipinski definition) is 8. The smallest absolute Gasteiger partial charge is 0.261 e. The number of carbonyl (C=O) groups is 2. The average molecular weight is 593 g/mol. The Hall–Kier alpha value is -3.64. The maximum Gasteiger partial charge on any atom is 0.261 e. The van der Waals surface area contributed by atoms with Gasteiger partial charge in [0.1, 0.15) is 11.4 Å². The molecule has 4 heterocycles. The lowest BCUT2D eigenvalue weighted by molar-refractivity contribution is 0.0516. The monoisotopic (exact) mass is 592 g/mol. The first-order chi connectivity index (χ1) is 19.8. The lowest BCUT2D eigenvalue weighted by Gasteiger charge is -2.33. The van der Waals surface area contributed by atoms with Crippen LogP contribution in [0.25, 0.3) is 22.4 Å². The van der Waals surface area contributed by atoms with E-state index in [4.69, 9.17) is 11.6 Å². The average Bonchev–Trinajstić information content (AvgIpc) is 3.47. The molecular weight excluding hydrogens is 564 g/mol. The molecular formula is C29H29ClN6O4S. The fraction of sp³-hybridized carbons (Fsp3) is 0.310. The third kappa shape index (κ3) is 5.50. The first-order valence-corrected chi connectivity index (χ1v) is 14.8. The van der Waals surface area contributed by atoms with E-state index in [-0.39, 0.29) is 35.5 Å². The number of carbonyl (C=O) groups excluding carboxylic acids is 2. The summed E-state index contributed by atoms with van der Waals surface area (Å²) in [6, 6.07) is 12.3. The normalized spacial score (nSPS) is 16.9. The number of piperidine rings is 1. The lowest BCUT2D eigenvalue weighted by atomic mass is 10.0. The maximum atomic E-state index is 13.3. The number of anilines is 1. The van der Waals surface area contributed by atoms with Gasteiger partial charge in [0.25, 0.3) is 17.4 Å². The number of aliphatic hydroxyl groups is 1.